The summed E-state index contributed by atoms with van der Waals surface area (Å²) >= 11 is 1.61. The van der Waals surface area contributed by atoms with E-state index < -0.39 is 6.10 Å². The molecule has 0 fully saturated rings. The first-order valence-electron chi connectivity index (χ1n) is 5.29. The van der Waals surface area contributed by atoms with Gasteiger partial charge in [0.1, 0.15) is 11.9 Å². The third-order valence-electron chi connectivity index (χ3n) is 2.68. The molecular formula is C13H15NO2S. The second-order valence-electron chi connectivity index (χ2n) is 3.86. The molecule has 1 aromatic carbocycles. The van der Waals surface area contributed by atoms with Crippen LogP contribution >= 0.6 is 11.3 Å². The quantitative estimate of drug-likeness (QED) is 0.822. The van der Waals surface area contributed by atoms with Crippen molar-refractivity contribution in [3.8, 4) is 5.75 Å². The molecule has 0 radical (unpaired) electrons. The van der Waals surface area contributed by atoms with Crippen LogP contribution < -0.4 is 10.5 Å². The maximum absolute atomic E-state index is 10.3. The van der Waals surface area contributed by atoms with Crippen molar-refractivity contribution in [1.29, 1.82) is 0 Å². The lowest BCUT2D eigenvalue weighted by atomic mass is 10.0. The van der Waals surface area contributed by atoms with Crippen LogP contribution in [0.3, 0.4) is 0 Å². The van der Waals surface area contributed by atoms with Gasteiger partial charge in [-0.05, 0) is 30.0 Å². The number of aliphatic hydroxyl groups excluding tert-OH is 1. The lowest BCUT2D eigenvalue weighted by Crippen LogP contribution is -2.04. The first kappa shape index (κ1) is 12.0. The molecule has 0 aliphatic heterocycles. The molecule has 90 valence electrons. The Hall–Kier alpha value is -1.52. The van der Waals surface area contributed by atoms with Gasteiger partial charge in [-0.25, -0.2) is 0 Å². The summed E-state index contributed by atoms with van der Waals surface area (Å²) < 4.78 is 5.14. The summed E-state index contributed by atoms with van der Waals surface area (Å²) in [5.41, 5.74) is 8.00. The number of methoxy groups -OCH3 is 1. The predicted octanol–water partition coefficient (Wildman–Crippen LogP) is 2.73. The predicted molar refractivity (Wildman–Crippen MR) is 70.5 cm³/mol. The SMILES string of the molecule is COc1cccc(C(O)c2csc(C)c2)c1N. The van der Waals surface area contributed by atoms with Gasteiger partial charge in [0.15, 0.2) is 0 Å². The lowest BCUT2D eigenvalue weighted by Gasteiger charge is -2.14. The van der Waals surface area contributed by atoms with Gasteiger partial charge >= 0.3 is 0 Å². The molecule has 1 unspecified atom stereocenters. The molecule has 3 nitrogen and oxygen atoms in total. The zero-order valence-corrected chi connectivity index (χ0v) is 10.6. The molecule has 0 aliphatic carbocycles. The fourth-order valence-corrected chi connectivity index (χ4v) is 2.49. The average molecular weight is 249 g/mol. The van der Waals surface area contributed by atoms with E-state index in [1.54, 1.807) is 24.5 Å². The Kier molecular flexibility index (Phi) is 3.36. The first-order valence-corrected chi connectivity index (χ1v) is 6.17. The van der Waals surface area contributed by atoms with Crippen LogP contribution in [0.2, 0.25) is 0 Å². The van der Waals surface area contributed by atoms with E-state index in [2.05, 4.69) is 0 Å². The van der Waals surface area contributed by atoms with Gasteiger partial charge in [-0.1, -0.05) is 12.1 Å². The molecule has 1 aromatic heterocycles. The van der Waals surface area contributed by atoms with Gasteiger partial charge in [0.25, 0.3) is 0 Å². The van der Waals surface area contributed by atoms with Crippen molar-refractivity contribution in [1.82, 2.24) is 0 Å². The summed E-state index contributed by atoms with van der Waals surface area (Å²) in [6.45, 7) is 2.01. The number of ether oxygens (including phenoxy) is 1. The number of hydrogen-bond donors (Lipinski definition) is 2. The van der Waals surface area contributed by atoms with Gasteiger partial charge in [-0.3, -0.25) is 0 Å². The largest absolute Gasteiger partial charge is 0.495 e. The second kappa shape index (κ2) is 4.77. The number of benzene rings is 1. The van der Waals surface area contributed by atoms with Crippen LogP contribution in [0, 0.1) is 6.92 Å². The Morgan fingerprint density at radius 1 is 1.41 bits per heavy atom. The Balaban J connectivity index is 2.40. The fraction of sp³-hybridized carbons (Fsp3) is 0.231. The number of nitrogens with two attached hydrogens (primary N) is 1. The maximum atomic E-state index is 10.3. The summed E-state index contributed by atoms with van der Waals surface area (Å²) in [5, 5.41) is 12.2. The van der Waals surface area contributed by atoms with Crippen molar-refractivity contribution in [2.24, 2.45) is 0 Å². The lowest BCUT2D eigenvalue weighted by molar-refractivity contribution is 0.221. The fourth-order valence-electron chi connectivity index (χ4n) is 1.76. The minimum Gasteiger partial charge on any atom is -0.495 e. The minimum absolute atomic E-state index is 0.492. The number of rotatable bonds is 3. The number of para-hydroxylation sites is 1. The van der Waals surface area contributed by atoms with Gasteiger partial charge < -0.3 is 15.6 Å². The molecule has 0 spiro atoms. The number of nitrogen functional groups attached to an aromatic ring is 1. The van der Waals surface area contributed by atoms with Gasteiger partial charge in [-0.2, -0.15) is 0 Å². The first-order chi connectivity index (χ1) is 8.13. The van der Waals surface area contributed by atoms with Gasteiger partial charge in [-0.15, -0.1) is 11.3 Å². The van der Waals surface area contributed by atoms with Crippen molar-refractivity contribution in [3.63, 3.8) is 0 Å². The van der Waals surface area contributed by atoms with Crippen LogP contribution in [-0.2, 0) is 0 Å². The topological polar surface area (TPSA) is 55.5 Å². The summed E-state index contributed by atoms with van der Waals surface area (Å²) in [6, 6.07) is 7.39. The van der Waals surface area contributed by atoms with Crippen molar-refractivity contribution < 1.29 is 9.84 Å². The minimum atomic E-state index is -0.699. The molecule has 0 amide bonds. The van der Waals surface area contributed by atoms with E-state index in [0.29, 0.717) is 17.0 Å². The molecule has 17 heavy (non-hydrogen) atoms. The highest BCUT2D eigenvalue weighted by atomic mass is 32.1. The van der Waals surface area contributed by atoms with Crippen LogP contribution in [0.5, 0.6) is 5.75 Å². The van der Waals surface area contributed by atoms with Crippen LogP contribution in [0.4, 0.5) is 5.69 Å². The molecule has 0 bridgehead atoms. The number of thiophene rings is 1. The van der Waals surface area contributed by atoms with Crippen LogP contribution in [0.25, 0.3) is 0 Å². The molecule has 0 saturated carbocycles. The van der Waals surface area contributed by atoms with E-state index in [9.17, 15) is 5.11 Å². The zero-order chi connectivity index (χ0) is 12.4. The highest BCUT2D eigenvalue weighted by Gasteiger charge is 2.16. The van der Waals surface area contributed by atoms with Crippen molar-refractivity contribution >= 4 is 17.0 Å². The Morgan fingerprint density at radius 3 is 2.76 bits per heavy atom. The van der Waals surface area contributed by atoms with Crippen molar-refractivity contribution in [2.45, 2.75) is 13.0 Å². The maximum Gasteiger partial charge on any atom is 0.142 e. The monoisotopic (exact) mass is 249 g/mol. The summed E-state index contributed by atoms with van der Waals surface area (Å²) in [6.07, 6.45) is -0.699. The van der Waals surface area contributed by atoms with E-state index in [-0.39, 0.29) is 0 Å². The van der Waals surface area contributed by atoms with E-state index in [0.717, 1.165) is 5.56 Å². The third kappa shape index (κ3) is 2.28. The Bertz CT molecular complexity index is 522. The Morgan fingerprint density at radius 2 is 2.18 bits per heavy atom. The molecule has 3 N–H and O–H groups in total. The zero-order valence-electron chi connectivity index (χ0n) is 9.81. The van der Waals surface area contributed by atoms with E-state index >= 15 is 0 Å². The molecule has 2 rings (SSSR count). The van der Waals surface area contributed by atoms with Crippen LogP contribution in [-0.4, -0.2) is 12.2 Å². The second-order valence-corrected chi connectivity index (χ2v) is 4.97. The van der Waals surface area contributed by atoms with E-state index in [1.165, 1.54) is 4.88 Å². The average Bonchev–Trinajstić information content (AvgIpc) is 2.75. The molecule has 0 saturated heterocycles. The van der Waals surface area contributed by atoms with Crippen LogP contribution in [0.1, 0.15) is 22.1 Å². The van der Waals surface area contributed by atoms with Gasteiger partial charge in [0, 0.05) is 10.4 Å². The standard InChI is InChI=1S/C13H15NO2S/c1-8-6-9(7-17-8)13(15)10-4-3-5-11(16-2)12(10)14/h3-7,13,15H,14H2,1-2H3. The molecule has 1 heterocycles. The molecule has 2 aromatic rings. The number of aryl methyl sites for hydroxylation is 1. The summed E-state index contributed by atoms with van der Waals surface area (Å²) in [5.74, 6) is 0.591. The summed E-state index contributed by atoms with van der Waals surface area (Å²) in [4.78, 5) is 1.17. The normalized spacial score (nSPS) is 12.4. The molecule has 0 aliphatic rings. The number of anilines is 1. The number of hydrogen-bond acceptors (Lipinski definition) is 4. The molecule has 4 heteroatoms. The van der Waals surface area contributed by atoms with Crippen molar-refractivity contribution in [3.05, 3.63) is 45.6 Å². The van der Waals surface area contributed by atoms with Crippen molar-refractivity contribution in [2.75, 3.05) is 12.8 Å². The number of aliphatic hydroxyl groups is 1. The van der Waals surface area contributed by atoms with Crippen LogP contribution in [0.15, 0.2) is 29.6 Å². The highest BCUT2D eigenvalue weighted by molar-refractivity contribution is 7.10. The Labute approximate surface area is 104 Å². The van der Waals surface area contributed by atoms with E-state index in [4.69, 9.17) is 10.5 Å². The molecular weight excluding hydrogens is 234 g/mol. The van der Waals surface area contributed by atoms with Gasteiger partial charge in [0.05, 0.1) is 12.8 Å². The van der Waals surface area contributed by atoms with E-state index in [1.807, 2.05) is 30.5 Å². The highest BCUT2D eigenvalue weighted by Crippen LogP contribution is 2.34. The molecule has 1 atom stereocenters. The third-order valence-corrected chi connectivity index (χ3v) is 3.56. The smallest absolute Gasteiger partial charge is 0.142 e. The summed E-state index contributed by atoms with van der Waals surface area (Å²) in [7, 11) is 1.57. The van der Waals surface area contributed by atoms with Gasteiger partial charge in [0.2, 0.25) is 0 Å².